The fourth-order valence-electron chi connectivity index (χ4n) is 3.88. The molecule has 0 aromatic heterocycles. The minimum atomic E-state index is -4.12. The number of likely N-dealkylation sites (tertiary alicyclic amines) is 1. The lowest BCUT2D eigenvalue weighted by atomic mass is 9.78. The van der Waals surface area contributed by atoms with E-state index in [0.29, 0.717) is 32.2 Å². The van der Waals surface area contributed by atoms with Crippen LogP contribution in [0.25, 0.3) is 0 Å². The topological polar surface area (TPSA) is 53.6 Å². The van der Waals surface area contributed by atoms with E-state index in [9.17, 15) is 18.0 Å². The molecule has 5 nitrogen and oxygen atoms in total. The third-order valence-electron chi connectivity index (χ3n) is 5.41. The Morgan fingerprint density at radius 1 is 1.22 bits per heavy atom. The number of nitrogens with one attached hydrogen (secondary N) is 2. The van der Waals surface area contributed by atoms with Gasteiger partial charge in [0, 0.05) is 13.7 Å². The van der Waals surface area contributed by atoms with E-state index in [1.807, 2.05) is 0 Å². The van der Waals surface area contributed by atoms with Crippen LogP contribution in [0.15, 0.2) is 0 Å². The summed E-state index contributed by atoms with van der Waals surface area (Å²) in [7, 11) is 1.62. The standard InChI is InChI=1S/C17H30F3N3O2.2ClH/c1-25-13-16(5-8-21-9-6-16)15(24)22-7-2-14-3-10-23(11-4-14)12-17(18,19)20;;/h14,21H,2-13H2,1H3,(H,22,24);2*1H. The molecular formula is C17H32Cl2F3N3O2. The lowest BCUT2D eigenvalue weighted by Crippen LogP contribution is -2.50. The molecule has 0 bridgehead atoms. The van der Waals surface area contributed by atoms with E-state index in [4.69, 9.17) is 4.74 Å². The molecule has 162 valence electrons. The van der Waals surface area contributed by atoms with Crippen molar-refractivity contribution in [2.75, 3.05) is 53.0 Å². The Hall–Kier alpha value is -0.280. The molecule has 2 fully saturated rings. The van der Waals surface area contributed by atoms with E-state index in [0.717, 1.165) is 45.2 Å². The van der Waals surface area contributed by atoms with Gasteiger partial charge in [0.2, 0.25) is 5.91 Å². The minimum Gasteiger partial charge on any atom is -0.384 e. The second-order valence-corrected chi connectivity index (χ2v) is 7.34. The third-order valence-corrected chi connectivity index (χ3v) is 5.41. The van der Waals surface area contributed by atoms with Crippen LogP contribution in [0.5, 0.6) is 0 Å². The predicted octanol–water partition coefficient (Wildman–Crippen LogP) is 2.63. The van der Waals surface area contributed by atoms with Crippen molar-refractivity contribution in [2.24, 2.45) is 11.3 Å². The number of methoxy groups -OCH3 is 1. The average Bonchev–Trinajstić information content (AvgIpc) is 2.56. The fourth-order valence-corrected chi connectivity index (χ4v) is 3.88. The quantitative estimate of drug-likeness (QED) is 0.642. The number of carbonyl (C=O) groups excluding carboxylic acids is 1. The highest BCUT2D eigenvalue weighted by Gasteiger charge is 2.39. The molecule has 2 aliphatic rings. The van der Waals surface area contributed by atoms with Crippen molar-refractivity contribution in [3.63, 3.8) is 0 Å². The van der Waals surface area contributed by atoms with Crippen LogP contribution >= 0.6 is 24.8 Å². The number of ether oxygens (including phenoxy) is 1. The number of alkyl halides is 3. The molecule has 0 atom stereocenters. The lowest BCUT2D eigenvalue weighted by molar-refractivity contribution is -0.148. The van der Waals surface area contributed by atoms with Crippen molar-refractivity contribution in [1.29, 1.82) is 0 Å². The van der Waals surface area contributed by atoms with Crippen LogP contribution in [-0.2, 0) is 9.53 Å². The van der Waals surface area contributed by atoms with E-state index < -0.39 is 18.1 Å². The first kappa shape index (κ1) is 26.7. The molecule has 0 aliphatic carbocycles. The van der Waals surface area contributed by atoms with Gasteiger partial charge in [-0.15, -0.1) is 24.8 Å². The largest absolute Gasteiger partial charge is 0.401 e. The van der Waals surface area contributed by atoms with Crippen molar-refractivity contribution in [3.05, 3.63) is 0 Å². The van der Waals surface area contributed by atoms with Crippen LogP contribution in [0, 0.1) is 11.3 Å². The first-order chi connectivity index (χ1) is 11.8. The zero-order valence-electron chi connectivity index (χ0n) is 15.8. The Morgan fingerprint density at radius 3 is 2.33 bits per heavy atom. The number of nitrogens with zero attached hydrogens (tertiary/aromatic N) is 1. The van der Waals surface area contributed by atoms with E-state index in [-0.39, 0.29) is 30.7 Å². The van der Waals surface area contributed by atoms with E-state index in [1.54, 1.807) is 7.11 Å². The Morgan fingerprint density at radius 2 is 1.81 bits per heavy atom. The van der Waals surface area contributed by atoms with E-state index in [2.05, 4.69) is 10.6 Å². The van der Waals surface area contributed by atoms with E-state index in [1.165, 1.54) is 4.90 Å². The van der Waals surface area contributed by atoms with Crippen LogP contribution in [0.2, 0.25) is 0 Å². The fraction of sp³-hybridized carbons (Fsp3) is 0.941. The molecule has 0 aromatic carbocycles. The number of piperidine rings is 2. The second-order valence-electron chi connectivity index (χ2n) is 7.34. The van der Waals surface area contributed by atoms with Gasteiger partial charge in [0.25, 0.3) is 0 Å². The van der Waals surface area contributed by atoms with Crippen LogP contribution in [0.4, 0.5) is 13.2 Å². The smallest absolute Gasteiger partial charge is 0.384 e. The lowest BCUT2D eigenvalue weighted by Gasteiger charge is -2.36. The van der Waals surface area contributed by atoms with Gasteiger partial charge in [-0.3, -0.25) is 9.69 Å². The van der Waals surface area contributed by atoms with Crippen LogP contribution in [0.1, 0.15) is 32.1 Å². The number of carbonyl (C=O) groups is 1. The predicted molar refractivity (Wildman–Crippen MR) is 104 cm³/mol. The monoisotopic (exact) mass is 437 g/mol. The molecule has 2 heterocycles. The third kappa shape index (κ3) is 8.73. The number of rotatable bonds is 7. The summed E-state index contributed by atoms with van der Waals surface area (Å²) < 4.78 is 42.5. The van der Waals surface area contributed by atoms with Gasteiger partial charge in [-0.1, -0.05) is 0 Å². The zero-order valence-corrected chi connectivity index (χ0v) is 17.4. The summed E-state index contributed by atoms with van der Waals surface area (Å²) in [6, 6.07) is 0. The molecule has 0 unspecified atom stereocenters. The molecule has 0 spiro atoms. The van der Waals surface area contributed by atoms with Gasteiger partial charge in [0.15, 0.2) is 0 Å². The van der Waals surface area contributed by atoms with Crippen LogP contribution in [-0.4, -0.2) is 70.0 Å². The zero-order chi connectivity index (χ0) is 18.3. The summed E-state index contributed by atoms with van der Waals surface area (Å²) in [6.07, 6.45) is -0.235. The Kier molecular flexibility index (Phi) is 12.2. The number of halogens is 5. The maximum atomic E-state index is 12.6. The Balaban J connectivity index is 0.00000338. The SMILES string of the molecule is COCC1(C(=O)NCCC2CCN(CC(F)(F)F)CC2)CCNCC1.Cl.Cl. The van der Waals surface area contributed by atoms with Crippen LogP contribution < -0.4 is 10.6 Å². The molecule has 2 aliphatic heterocycles. The van der Waals surface area contributed by atoms with Crippen molar-refractivity contribution in [2.45, 2.75) is 38.3 Å². The van der Waals surface area contributed by atoms with Gasteiger partial charge in [0.05, 0.1) is 18.6 Å². The summed E-state index contributed by atoms with van der Waals surface area (Å²) in [5, 5.41) is 6.29. The Bertz CT molecular complexity index is 423. The molecular weight excluding hydrogens is 406 g/mol. The van der Waals surface area contributed by atoms with Gasteiger partial charge >= 0.3 is 6.18 Å². The van der Waals surface area contributed by atoms with Crippen LogP contribution in [0.3, 0.4) is 0 Å². The highest BCUT2D eigenvalue weighted by molar-refractivity contribution is 5.85. The van der Waals surface area contributed by atoms with Crippen molar-refractivity contribution in [3.8, 4) is 0 Å². The highest BCUT2D eigenvalue weighted by Crippen LogP contribution is 2.29. The molecule has 0 aromatic rings. The average molecular weight is 438 g/mol. The molecule has 1 amide bonds. The first-order valence-electron chi connectivity index (χ1n) is 9.12. The normalized spacial score (nSPS) is 21.0. The summed E-state index contributed by atoms with van der Waals surface area (Å²) in [6.45, 7) is 2.79. The molecule has 0 saturated carbocycles. The van der Waals surface area contributed by atoms with Gasteiger partial charge < -0.3 is 15.4 Å². The molecule has 10 heteroatoms. The summed E-state index contributed by atoms with van der Waals surface area (Å²) in [4.78, 5) is 14.1. The highest BCUT2D eigenvalue weighted by atomic mass is 35.5. The minimum absolute atomic E-state index is 0. The van der Waals surface area contributed by atoms with Gasteiger partial charge in [-0.05, 0) is 64.2 Å². The molecule has 0 radical (unpaired) electrons. The second kappa shape index (κ2) is 12.3. The van der Waals surface area contributed by atoms with Crippen molar-refractivity contribution in [1.82, 2.24) is 15.5 Å². The van der Waals surface area contributed by atoms with E-state index >= 15 is 0 Å². The molecule has 27 heavy (non-hydrogen) atoms. The molecule has 2 saturated heterocycles. The summed E-state index contributed by atoms with van der Waals surface area (Å²) >= 11 is 0. The Labute approximate surface area is 172 Å². The van der Waals surface area contributed by atoms with Gasteiger partial charge in [-0.2, -0.15) is 13.2 Å². The maximum absolute atomic E-state index is 12.6. The first-order valence-corrected chi connectivity index (χ1v) is 9.12. The molecule has 2 N–H and O–H groups in total. The number of amides is 1. The number of hydrogen-bond acceptors (Lipinski definition) is 4. The van der Waals surface area contributed by atoms with Crippen molar-refractivity contribution >= 4 is 30.7 Å². The number of hydrogen-bond donors (Lipinski definition) is 2. The van der Waals surface area contributed by atoms with Crippen molar-refractivity contribution < 1.29 is 22.7 Å². The van der Waals surface area contributed by atoms with Gasteiger partial charge in [-0.25, -0.2) is 0 Å². The maximum Gasteiger partial charge on any atom is 0.401 e. The molecule has 2 rings (SSSR count). The summed E-state index contributed by atoms with van der Waals surface area (Å²) in [5.41, 5.74) is -0.448. The summed E-state index contributed by atoms with van der Waals surface area (Å²) in [5.74, 6) is 0.432. The van der Waals surface area contributed by atoms with Gasteiger partial charge in [0.1, 0.15) is 0 Å².